The number of rotatable bonds is 4. The van der Waals surface area contributed by atoms with E-state index >= 15 is 0 Å². The zero-order valence-corrected chi connectivity index (χ0v) is 16.8. The standard InChI is InChI=1S/C18H16ClN3O3S2/c1-25-18(24)22-7-6-13-14(8-20)17(27-15(13)9-22)21-16(23)10-26-12-4-2-11(19)3-5-12/h2-5H,6-7,9-10H2,1H3,(H,21,23). The largest absolute Gasteiger partial charge is 0.453 e. The summed E-state index contributed by atoms with van der Waals surface area (Å²) < 4.78 is 4.76. The van der Waals surface area contributed by atoms with Gasteiger partial charge in [-0.1, -0.05) is 11.6 Å². The molecule has 2 amide bonds. The van der Waals surface area contributed by atoms with Gasteiger partial charge in [-0.15, -0.1) is 23.1 Å². The van der Waals surface area contributed by atoms with Crippen molar-refractivity contribution in [3.63, 3.8) is 0 Å². The van der Waals surface area contributed by atoms with Crippen molar-refractivity contribution in [2.45, 2.75) is 17.9 Å². The molecule has 1 aliphatic heterocycles. The molecule has 3 rings (SSSR count). The number of thiophene rings is 1. The highest BCUT2D eigenvalue weighted by molar-refractivity contribution is 8.00. The van der Waals surface area contributed by atoms with Crippen molar-refractivity contribution in [2.24, 2.45) is 0 Å². The molecule has 6 nitrogen and oxygen atoms in total. The first kappa shape index (κ1) is 19.5. The van der Waals surface area contributed by atoms with Crippen LogP contribution in [0.3, 0.4) is 0 Å². The summed E-state index contributed by atoms with van der Waals surface area (Å²) >= 11 is 8.59. The maximum Gasteiger partial charge on any atom is 0.409 e. The van der Waals surface area contributed by atoms with E-state index in [1.54, 1.807) is 17.0 Å². The minimum absolute atomic E-state index is 0.185. The van der Waals surface area contributed by atoms with Gasteiger partial charge in [0, 0.05) is 21.3 Å². The minimum Gasteiger partial charge on any atom is -0.453 e. The lowest BCUT2D eigenvalue weighted by atomic mass is 10.0. The molecular formula is C18H16ClN3O3S2. The van der Waals surface area contributed by atoms with E-state index in [-0.39, 0.29) is 11.7 Å². The van der Waals surface area contributed by atoms with Crippen LogP contribution in [0.4, 0.5) is 9.80 Å². The van der Waals surface area contributed by atoms with Crippen LogP contribution in [0.2, 0.25) is 5.02 Å². The van der Waals surface area contributed by atoms with Crippen LogP contribution in [0.15, 0.2) is 29.2 Å². The van der Waals surface area contributed by atoms with E-state index in [1.165, 1.54) is 30.2 Å². The fourth-order valence-electron chi connectivity index (χ4n) is 2.74. The molecule has 0 spiro atoms. The molecule has 0 atom stereocenters. The average molecular weight is 422 g/mol. The summed E-state index contributed by atoms with van der Waals surface area (Å²) in [5.41, 5.74) is 1.40. The van der Waals surface area contributed by atoms with Gasteiger partial charge >= 0.3 is 6.09 Å². The monoisotopic (exact) mass is 421 g/mol. The van der Waals surface area contributed by atoms with E-state index in [0.717, 1.165) is 15.3 Å². The zero-order chi connectivity index (χ0) is 19.4. The number of amides is 2. The number of nitriles is 1. The number of carbonyl (C=O) groups is 2. The third-order valence-corrected chi connectivity index (χ3v) is 6.43. The number of fused-ring (bicyclic) bond motifs is 1. The van der Waals surface area contributed by atoms with Crippen molar-refractivity contribution < 1.29 is 14.3 Å². The second-order valence-electron chi connectivity index (χ2n) is 5.75. The number of ether oxygens (including phenoxy) is 1. The molecule has 1 aromatic carbocycles. The number of methoxy groups -OCH3 is 1. The highest BCUT2D eigenvalue weighted by Gasteiger charge is 2.27. The number of thioether (sulfide) groups is 1. The molecule has 1 aliphatic rings. The Kier molecular flexibility index (Phi) is 6.26. The molecule has 2 aromatic rings. The molecule has 9 heteroatoms. The van der Waals surface area contributed by atoms with Gasteiger partial charge in [0.05, 0.1) is 25.0 Å². The molecule has 0 saturated carbocycles. The van der Waals surface area contributed by atoms with Crippen LogP contribution < -0.4 is 5.32 Å². The predicted octanol–water partition coefficient (Wildman–Crippen LogP) is 4.13. The van der Waals surface area contributed by atoms with Gasteiger partial charge in [0.15, 0.2) is 0 Å². The van der Waals surface area contributed by atoms with Crippen molar-refractivity contribution >= 4 is 51.7 Å². The number of benzene rings is 1. The smallest absolute Gasteiger partial charge is 0.409 e. The lowest BCUT2D eigenvalue weighted by Gasteiger charge is -2.25. The summed E-state index contributed by atoms with van der Waals surface area (Å²) in [4.78, 5) is 27.5. The second kappa shape index (κ2) is 8.65. The first-order chi connectivity index (χ1) is 13.0. The topological polar surface area (TPSA) is 82.4 Å². The van der Waals surface area contributed by atoms with Crippen LogP contribution >= 0.6 is 34.7 Å². The van der Waals surface area contributed by atoms with Gasteiger partial charge in [-0.3, -0.25) is 4.79 Å². The fourth-order valence-corrected chi connectivity index (χ4v) is 4.79. The van der Waals surface area contributed by atoms with E-state index in [4.69, 9.17) is 16.3 Å². The Morgan fingerprint density at radius 1 is 1.41 bits per heavy atom. The van der Waals surface area contributed by atoms with Gasteiger partial charge in [0.2, 0.25) is 5.91 Å². The molecule has 0 aliphatic carbocycles. The summed E-state index contributed by atoms with van der Waals surface area (Å²) in [6.45, 7) is 0.877. The van der Waals surface area contributed by atoms with Crippen molar-refractivity contribution in [3.8, 4) is 6.07 Å². The number of nitrogens with zero attached hydrogens (tertiary/aromatic N) is 2. The second-order valence-corrected chi connectivity index (χ2v) is 8.34. The Bertz CT molecular complexity index is 906. The van der Waals surface area contributed by atoms with E-state index < -0.39 is 6.09 Å². The summed E-state index contributed by atoms with van der Waals surface area (Å²) in [5.74, 6) is 0.0402. The Morgan fingerprint density at radius 3 is 2.81 bits per heavy atom. The first-order valence-electron chi connectivity index (χ1n) is 8.07. The van der Waals surface area contributed by atoms with E-state index in [2.05, 4.69) is 11.4 Å². The minimum atomic E-state index is -0.391. The Morgan fingerprint density at radius 2 is 2.15 bits per heavy atom. The van der Waals surface area contributed by atoms with Gasteiger partial charge < -0.3 is 15.0 Å². The van der Waals surface area contributed by atoms with Gasteiger partial charge in [0.1, 0.15) is 11.1 Å². The quantitative estimate of drug-likeness (QED) is 0.750. The van der Waals surface area contributed by atoms with Crippen LogP contribution in [0.1, 0.15) is 16.0 Å². The molecule has 140 valence electrons. The number of nitrogens with one attached hydrogen (secondary N) is 1. The van der Waals surface area contributed by atoms with Gasteiger partial charge in [0.25, 0.3) is 0 Å². The van der Waals surface area contributed by atoms with Crippen LogP contribution in [-0.2, 0) is 22.5 Å². The van der Waals surface area contributed by atoms with Crippen LogP contribution in [-0.4, -0.2) is 36.3 Å². The van der Waals surface area contributed by atoms with Crippen molar-refractivity contribution in [1.82, 2.24) is 4.90 Å². The van der Waals surface area contributed by atoms with Crippen LogP contribution in [0, 0.1) is 11.3 Å². The summed E-state index contributed by atoms with van der Waals surface area (Å²) in [6, 6.07) is 9.44. The molecule has 1 N–H and O–H groups in total. The number of anilines is 1. The number of halogens is 1. The lowest BCUT2D eigenvalue weighted by Crippen LogP contribution is -2.35. The van der Waals surface area contributed by atoms with Crippen molar-refractivity contribution in [2.75, 3.05) is 24.7 Å². The first-order valence-corrected chi connectivity index (χ1v) is 10.3. The molecule has 0 unspecified atom stereocenters. The van der Waals surface area contributed by atoms with E-state index in [9.17, 15) is 14.9 Å². The van der Waals surface area contributed by atoms with Crippen LogP contribution in [0.5, 0.6) is 0 Å². The molecular weight excluding hydrogens is 406 g/mol. The van der Waals surface area contributed by atoms with E-state index in [0.29, 0.717) is 35.1 Å². The van der Waals surface area contributed by atoms with Gasteiger partial charge in [-0.05, 0) is 36.2 Å². The highest BCUT2D eigenvalue weighted by atomic mass is 35.5. The fraction of sp³-hybridized carbons (Fsp3) is 0.278. The molecule has 1 aromatic heterocycles. The number of hydrogen-bond donors (Lipinski definition) is 1. The molecule has 27 heavy (non-hydrogen) atoms. The normalized spacial score (nSPS) is 12.9. The predicted molar refractivity (Wildman–Crippen MR) is 106 cm³/mol. The maximum absolute atomic E-state index is 12.3. The van der Waals surface area contributed by atoms with E-state index in [1.807, 2.05) is 12.1 Å². The van der Waals surface area contributed by atoms with Gasteiger partial charge in [-0.2, -0.15) is 5.26 Å². The molecule has 0 fully saturated rings. The molecule has 0 bridgehead atoms. The summed E-state index contributed by atoms with van der Waals surface area (Å²) in [6.07, 6.45) is 0.177. The molecule has 2 heterocycles. The Labute approximate surface area is 170 Å². The SMILES string of the molecule is COC(=O)N1CCc2c(sc(NC(=O)CSc3ccc(Cl)cc3)c2C#N)C1. The lowest BCUT2D eigenvalue weighted by molar-refractivity contribution is -0.113. The van der Waals surface area contributed by atoms with Crippen molar-refractivity contribution in [1.29, 1.82) is 5.26 Å². The average Bonchev–Trinajstić information content (AvgIpc) is 3.02. The third kappa shape index (κ3) is 4.56. The molecule has 0 saturated heterocycles. The molecule has 0 radical (unpaired) electrons. The highest BCUT2D eigenvalue weighted by Crippen LogP contribution is 2.37. The summed E-state index contributed by atoms with van der Waals surface area (Å²) in [7, 11) is 1.34. The Balaban J connectivity index is 1.67. The Hall–Kier alpha value is -2.21. The van der Waals surface area contributed by atoms with Gasteiger partial charge in [-0.25, -0.2) is 4.79 Å². The maximum atomic E-state index is 12.3. The summed E-state index contributed by atoms with van der Waals surface area (Å²) in [5, 5.41) is 13.5. The number of carbonyl (C=O) groups excluding carboxylic acids is 2. The van der Waals surface area contributed by atoms with Crippen LogP contribution in [0.25, 0.3) is 0 Å². The van der Waals surface area contributed by atoms with Crippen molar-refractivity contribution in [3.05, 3.63) is 45.3 Å². The number of hydrogen-bond acceptors (Lipinski definition) is 6. The third-order valence-electron chi connectivity index (χ3n) is 4.04. The zero-order valence-electron chi connectivity index (χ0n) is 14.5.